The molecule has 0 aliphatic carbocycles. The third-order valence-electron chi connectivity index (χ3n) is 4.80. The standard InChI is InChI=1S/C24H23N5O2/c1-14-6-5-7-15(2)21(14)22(16(3)26)23-28-19(24(30)31-4)12-20(29-23)27-18-10-8-17(13-25)9-11-18/h5-12,26-27,29H,1-4H3/b23-22+,26-16?. The fourth-order valence-electron chi connectivity index (χ4n) is 3.35. The molecule has 1 heterocycles. The predicted molar refractivity (Wildman–Crippen MR) is 122 cm³/mol. The van der Waals surface area contributed by atoms with Crippen LogP contribution in [0.2, 0.25) is 0 Å². The Morgan fingerprint density at radius 1 is 1.16 bits per heavy atom. The lowest BCUT2D eigenvalue weighted by molar-refractivity contribution is -0.132. The number of ether oxygens (including phenoxy) is 1. The van der Waals surface area contributed by atoms with Crippen LogP contribution in [0.4, 0.5) is 5.69 Å². The quantitative estimate of drug-likeness (QED) is 0.506. The van der Waals surface area contributed by atoms with Gasteiger partial charge in [-0.2, -0.15) is 5.26 Å². The van der Waals surface area contributed by atoms with Crippen molar-refractivity contribution in [1.82, 2.24) is 5.32 Å². The fourth-order valence-corrected chi connectivity index (χ4v) is 3.35. The second kappa shape index (κ2) is 9.09. The van der Waals surface area contributed by atoms with E-state index in [1.807, 2.05) is 32.0 Å². The average molecular weight is 413 g/mol. The summed E-state index contributed by atoms with van der Waals surface area (Å²) in [6, 6.07) is 14.9. The van der Waals surface area contributed by atoms with Gasteiger partial charge in [-0.05, 0) is 61.7 Å². The summed E-state index contributed by atoms with van der Waals surface area (Å²) in [7, 11) is 1.30. The number of hydrogen-bond acceptors (Lipinski definition) is 7. The summed E-state index contributed by atoms with van der Waals surface area (Å²) in [4.78, 5) is 16.8. The lowest BCUT2D eigenvalue weighted by Crippen LogP contribution is -2.29. The molecule has 0 bridgehead atoms. The second-order valence-electron chi connectivity index (χ2n) is 7.10. The van der Waals surface area contributed by atoms with Crippen molar-refractivity contribution < 1.29 is 9.53 Å². The van der Waals surface area contributed by atoms with E-state index >= 15 is 0 Å². The van der Waals surface area contributed by atoms with E-state index < -0.39 is 5.97 Å². The molecule has 0 radical (unpaired) electrons. The molecule has 3 rings (SSSR count). The van der Waals surface area contributed by atoms with Crippen LogP contribution in [0.25, 0.3) is 5.57 Å². The summed E-state index contributed by atoms with van der Waals surface area (Å²) in [6.07, 6.45) is 1.55. The Morgan fingerprint density at radius 2 is 1.81 bits per heavy atom. The minimum atomic E-state index is -0.582. The molecular weight excluding hydrogens is 390 g/mol. The molecule has 0 saturated heterocycles. The van der Waals surface area contributed by atoms with Gasteiger partial charge in [0.05, 0.1) is 18.7 Å². The zero-order valence-electron chi connectivity index (χ0n) is 17.8. The molecule has 1 aliphatic rings. The van der Waals surface area contributed by atoms with Crippen molar-refractivity contribution in [3.05, 3.63) is 82.4 Å². The van der Waals surface area contributed by atoms with Gasteiger partial charge in [0.15, 0.2) is 5.71 Å². The monoisotopic (exact) mass is 413 g/mol. The number of anilines is 1. The van der Waals surface area contributed by atoms with Crippen LogP contribution in [-0.4, -0.2) is 24.5 Å². The Labute approximate surface area is 181 Å². The maximum atomic E-state index is 12.3. The second-order valence-corrected chi connectivity index (χ2v) is 7.10. The van der Waals surface area contributed by atoms with Crippen molar-refractivity contribution in [3.63, 3.8) is 0 Å². The lowest BCUT2D eigenvalue weighted by atomic mass is 9.92. The summed E-state index contributed by atoms with van der Waals surface area (Å²) in [5.41, 5.74) is 5.19. The molecule has 0 saturated carbocycles. The minimum Gasteiger partial charge on any atom is -0.464 e. The van der Waals surface area contributed by atoms with Crippen LogP contribution in [0.15, 0.2) is 65.2 Å². The number of carbonyl (C=O) groups excluding carboxylic acids is 1. The summed E-state index contributed by atoms with van der Waals surface area (Å²) in [5, 5.41) is 23.8. The maximum Gasteiger partial charge on any atom is 0.356 e. The Morgan fingerprint density at radius 3 is 2.35 bits per heavy atom. The number of methoxy groups -OCH3 is 1. The van der Waals surface area contributed by atoms with E-state index in [0.717, 1.165) is 22.4 Å². The number of allylic oxidation sites excluding steroid dienone is 1. The minimum absolute atomic E-state index is 0.109. The van der Waals surface area contributed by atoms with Crippen LogP contribution in [0.3, 0.4) is 0 Å². The Kier molecular flexibility index (Phi) is 6.32. The van der Waals surface area contributed by atoms with Gasteiger partial charge in [-0.25, -0.2) is 9.79 Å². The fraction of sp³-hybridized carbons (Fsp3) is 0.167. The van der Waals surface area contributed by atoms with E-state index in [9.17, 15) is 4.79 Å². The van der Waals surface area contributed by atoms with Crippen molar-refractivity contribution >= 4 is 28.7 Å². The molecule has 0 amide bonds. The number of nitrogens with one attached hydrogen (secondary N) is 3. The van der Waals surface area contributed by atoms with Crippen LogP contribution in [0.5, 0.6) is 0 Å². The van der Waals surface area contributed by atoms with Gasteiger partial charge in [0, 0.05) is 23.0 Å². The molecule has 7 nitrogen and oxygen atoms in total. The number of benzene rings is 2. The Hall–Kier alpha value is -4.18. The smallest absolute Gasteiger partial charge is 0.356 e. The van der Waals surface area contributed by atoms with Gasteiger partial charge in [-0.3, -0.25) is 0 Å². The Balaban J connectivity index is 2.11. The average Bonchev–Trinajstić information content (AvgIpc) is 2.75. The normalized spacial score (nSPS) is 14.4. The molecule has 0 unspecified atom stereocenters. The number of esters is 1. The predicted octanol–water partition coefficient (Wildman–Crippen LogP) is 4.05. The number of hydrogen-bond donors (Lipinski definition) is 3. The van der Waals surface area contributed by atoms with Gasteiger partial charge in [-0.15, -0.1) is 0 Å². The molecule has 0 aromatic heterocycles. The van der Waals surface area contributed by atoms with Crippen LogP contribution in [0.1, 0.15) is 29.2 Å². The van der Waals surface area contributed by atoms with Crippen molar-refractivity contribution in [3.8, 4) is 6.07 Å². The molecule has 7 heteroatoms. The van der Waals surface area contributed by atoms with Gasteiger partial charge in [-0.1, -0.05) is 18.2 Å². The zero-order valence-corrected chi connectivity index (χ0v) is 17.8. The molecule has 0 spiro atoms. The van der Waals surface area contributed by atoms with Gasteiger partial charge in [0.25, 0.3) is 0 Å². The first-order valence-corrected chi connectivity index (χ1v) is 9.63. The molecule has 156 valence electrons. The summed E-state index contributed by atoms with van der Waals surface area (Å²) in [6.45, 7) is 5.64. The van der Waals surface area contributed by atoms with Crippen molar-refractivity contribution in [1.29, 1.82) is 10.7 Å². The number of carbonyl (C=O) groups is 1. The summed E-state index contributed by atoms with van der Waals surface area (Å²) < 4.78 is 4.88. The number of nitrogens with zero attached hydrogens (tertiary/aromatic N) is 2. The van der Waals surface area contributed by atoms with Gasteiger partial charge in [0.1, 0.15) is 11.6 Å². The molecule has 0 fully saturated rings. The van der Waals surface area contributed by atoms with E-state index in [1.54, 1.807) is 37.3 Å². The first-order chi connectivity index (χ1) is 14.8. The highest BCUT2D eigenvalue weighted by atomic mass is 16.5. The third-order valence-corrected chi connectivity index (χ3v) is 4.80. The number of nitriles is 1. The van der Waals surface area contributed by atoms with Crippen LogP contribution < -0.4 is 10.6 Å². The zero-order chi connectivity index (χ0) is 22.5. The van der Waals surface area contributed by atoms with Gasteiger partial charge >= 0.3 is 5.97 Å². The van der Waals surface area contributed by atoms with E-state index in [-0.39, 0.29) is 5.71 Å². The van der Waals surface area contributed by atoms with E-state index in [1.165, 1.54) is 7.11 Å². The van der Waals surface area contributed by atoms with Crippen molar-refractivity contribution in [2.24, 2.45) is 4.99 Å². The van der Waals surface area contributed by atoms with E-state index in [4.69, 9.17) is 15.4 Å². The highest BCUT2D eigenvalue weighted by Crippen LogP contribution is 2.28. The number of aryl methyl sites for hydroxylation is 2. The highest BCUT2D eigenvalue weighted by molar-refractivity contribution is 6.42. The first-order valence-electron chi connectivity index (χ1n) is 9.63. The third kappa shape index (κ3) is 4.70. The molecule has 1 aliphatic heterocycles. The lowest BCUT2D eigenvalue weighted by Gasteiger charge is -2.23. The highest BCUT2D eigenvalue weighted by Gasteiger charge is 2.23. The SMILES string of the molecule is COC(=O)C1=N/C(=C(/C(C)=N)c2c(C)cccc2C)NC(Nc2ccc(C#N)cc2)=C1. The van der Waals surface area contributed by atoms with E-state index in [0.29, 0.717) is 28.5 Å². The number of aliphatic imine (C=N–C) groups is 1. The van der Waals surface area contributed by atoms with Crippen molar-refractivity contribution in [2.75, 3.05) is 12.4 Å². The van der Waals surface area contributed by atoms with Crippen LogP contribution in [0, 0.1) is 30.6 Å². The topological polar surface area (TPSA) is 110 Å². The maximum absolute atomic E-state index is 12.3. The van der Waals surface area contributed by atoms with Crippen molar-refractivity contribution in [2.45, 2.75) is 20.8 Å². The van der Waals surface area contributed by atoms with Crippen LogP contribution in [-0.2, 0) is 9.53 Å². The molecule has 3 N–H and O–H groups in total. The largest absolute Gasteiger partial charge is 0.464 e. The summed E-state index contributed by atoms with van der Waals surface area (Å²) >= 11 is 0. The van der Waals surface area contributed by atoms with E-state index in [2.05, 4.69) is 21.7 Å². The van der Waals surface area contributed by atoms with Gasteiger partial charge in [0.2, 0.25) is 0 Å². The molecule has 0 atom stereocenters. The molecule has 31 heavy (non-hydrogen) atoms. The number of rotatable bonds is 5. The van der Waals surface area contributed by atoms with Crippen LogP contribution >= 0.6 is 0 Å². The Bertz CT molecular complexity index is 1160. The molecule has 2 aromatic rings. The molecular formula is C24H23N5O2. The summed E-state index contributed by atoms with van der Waals surface area (Å²) in [5.74, 6) is 0.297. The molecule has 2 aromatic carbocycles. The van der Waals surface area contributed by atoms with Gasteiger partial charge < -0.3 is 20.8 Å². The first kappa shape index (κ1) is 21.5.